The molecule has 1 N–H and O–H groups in total. The first-order chi connectivity index (χ1) is 14.2. The molecule has 1 aliphatic rings. The molecular weight excluding hydrogens is 411 g/mol. The molecule has 1 fully saturated rings. The Morgan fingerprint density at radius 3 is 2.67 bits per heavy atom. The van der Waals surface area contributed by atoms with Gasteiger partial charge in [0.05, 0.1) is 13.0 Å². The van der Waals surface area contributed by atoms with Gasteiger partial charge < -0.3 is 10.1 Å². The van der Waals surface area contributed by atoms with Gasteiger partial charge in [-0.2, -0.15) is 4.31 Å². The highest BCUT2D eigenvalue weighted by molar-refractivity contribution is 7.89. The molecule has 7 nitrogen and oxygen atoms in total. The number of sulfonamides is 1. The number of Topliss-reactive ketones (excluding diaryl/α,β-unsaturated/α-hetero) is 1. The highest BCUT2D eigenvalue weighted by Gasteiger charge is 2.35. The Kier molecular flexibility index (Phi) is 6.52. The van der Waals surface area contributed by atoms with Crippen molar-refractivity contribution in [3.05, 3.63) is 53.8 Å². The van der Waals surface area contributed by atoms with Gasteiger partial charge in [0.15, 0.2) is 5.78 Å². The molecule has 2 aromatic rings. The van der Waals surface area contributed by atoms with Crippen molar-refractivity contribution in [3.8, 4) is 5.75 Å². The van der Waals surface area contributed by atoms with Crippen LogP contribution >= 0.6 is 0 Å². The van der Waals surface area contributed by atoms with Gasteiger partial charge in [-0.05, 0) is 50.1 Å². The van der Waals surface area contributed by atoms with E-state index in [1.807, 2.05) is 0 Å². The SMILES string of the molecule is COc1ccc(F)cc1S(=O)(=O)N1CCC[C@@H](C(=O)Nc2cccc(C(C)=O)c2)C1. The summed E-state index contributed by atoms with van der Waals surface area (Å²) in [7, 11) is -2.73. The summed E-state index contributed by atoms with van der Waals surface area (Å²) in [6, 6.07) is 9.87. The van der Waals surface area contributed by atoms with Crippen LogP contribution in [0.5, 0.6) is 5.75 Å². The maximum atomic E-state index is 13.7. The quantitative estimate of drug-likeness (QED) is 0.706. The Balaban J connectivity index is 1.78. The number of hydrogen-bond acceptors (Lipinski definition) is 5. The fourth-order valence-corrected chi connectivity index (χ4v) is 5.12. The Hall–Kier alpha value is -2.78. The zero-order valence-electron chi connectivity index (χ0n) is 16.7. The average molecular weight is 434 g/mol. The van der Waals surface area contributed by atoms with Gasteiger partial charge in [-0.3, -0.25) is 9.59 Å². The molecule has 0 aliphatic carbocycles. The second-order valence-corrected chi connectivity index (χ2v) is 9.03. The molecule has 0 bridgehead atoms. The number of hydrogen-bond donors (Lipinski definition) is 1. The smallest absolute Gasteiger partial charge is 0.246 e. The number of piperidine rings is 1. The molecule has 9 heteroatoms. The van der Waals surface area contributed by atoms with Crippen molar-refractivity contribution in [1.29, 1.82) is 0 Å². The Morgan fingerprint density at radius 2 is 1.97 bits per heavy atom. The number of benzene rings is 2. The molecule has 1 atom stereocenters. The number of ether oxygens (including phenoxy) is 1. The molecule has 1 saturated heterocycles. The number of anilines is 1. The summed E-state index contributed by atoms with van der Waals surface area (Å²) in [5, 5.41) is 2.75. The van der Waals surface area contributed by atoms with Gasteiger partial charge in [0.2, 0.25) is 15.9 Å². The third-order valence-corrected chi connectivity index (χ3v) is 6.92. The molecule has 0 saturated carbocycles. The Labute approximate surface area is 174 Å². The van der Waals surface area contributed by atoms with E-state index in [1.54, 1.807) is 24.3 Å². The monoisotopic (exact) mass is 434 g/mol. The molecule has 0 radical (unpaired) electrons. The van der Waals surface area contributed by atoms with E-state index < -0.39 is 21.8 Å². The minimum absolute atomic E-state index is 0.0275. The zero-order valence-corrected chi connectivity index (χ0v) is 17.5. The first kappa shape index (κ1) is 21.9. The van der Waals surface area contributed by atoms with Crippen molar-refractivity contribution in [2.24, 2.45) is 5.92 Å². The van der Waals surface area contributed by atoms with Crippen LogP contribution in [0.1, 0.15) is 30.1 Å². The van der Waals surface area contributed by atoms with Gasteiger partial charge in [-0.15, -0.1) is 0 Å². The predicted octanol–water partition coefficient (Wildman–Crippen LogP) is 3.08. The fraction of sp³-hybridized carbons (Fsp3) is 0.333. The van der Waals surface area contributed by atoms with Crippen molar-refractivity contribution >= 4 is 27.4 Å². The number of ketones is 1. The molecule has 30 heavy (non-hydrogen) atoms. The van der Waals surface area contributed by atoms with Crippen molar-refractivity contribution in [3.63, 3.8) is 0 Å². The summed E-state index contributed by atoms with van der Waals surface area (Å²) < 4.78 is 46.1. The zero-order chi connectivity index (χ0) is 21.9. The van der Waals surface area contributed by atoms with E-state index >= 15 is 0 Å². The lowest BCUT2D eigenvalue weighted by Gasteiger charge is -2.31. The van der Waals surface area contributed by atoms with E-state index in [1.165, 1.54) is 24.4 Å². The van der Waals surface area contributed by atoms with E-state index in [-0.39, 0.29) is 35.4 Å². The van der Waals surface area contributed by atoms with Crippen LogP contribution < -0.4 is 10.1 Å². The van der Waals surface area contributed by atoms with Crippen molar-refractivity contribution in [2.45, 2.75) is 24.7 Å². The predicted molar refractivity (Wildman–Crippen MR) is 110 cm³/mol. The average Bonchev–Trinajstić information content (AvgIpc) is 2.74. The van der Waals surface area contributed by atoms with E-state index in [9.17, 15) is 22.4 Å². The highest BCUT2D eigenvalue weighted by atomic mass is 32.2. The lowest BCUT2D eigenvalue weighted by Crippen LogP contribution is -2.43. The molecule has 0 unspecified atom stereocenters. The first-order valence-electron chi connectivity index (χ1n) is 9.48. The second-order valence-electron chi connectivity index (χ2n) is 7.12. The van der Waals surface area contributed by atoms with Crippen LogP contribution in [-0.2, 0) is 14.8 Å². The van der Waals surface area contributed by atoms with Gasteiger partial charge in [-0.25, -0.2) is 12.8 Å². The summed E-state index contributed by atoms with van der Waals surface area (Å²) in [4.78, 5) is 24.0. The van der Waals surface area contributed by atoms with Gasteiger partial charge in [0, 0.05) is 24.3 Å². The topological polar surface area (TPSA) is 92.8 Å². The van der Waals surface area contributed by atoms with Crippen molar-refractivity contribution in [2.75, 3.05) is 25.5 Å². The van der Waals surface area contributed by atoms with Gasteiger partial charge in [-0.1, -0.05) is 12.1 Å². The summed E-state index contributed by atoms with van der Waals surface area (Å²) in [5.41, 5.74) is 0.943. The molecule has 1 aliphatic heterocycles. The Bertz CT molecular complexity index is 1070. The number of carbonyl (C=O) groups is 2. The minimum atomic E-state index is -4.04. The number of carbonyl (C=O) groups excluding carboxylic acids is 2. The number of rotatable bonds is 6. The van der Waals surface area contributed by atoms with Crippen LogP contribution in [0.4, 0.5) is 10.1 Å². The highest BCUT2D eigenvalue weighted by Crippen LogP contribution is 2.30. The summed E-state index contributed by atoms with van der Waals surface area (Å²) in [6.07, 6.45) is 1.01. The standard InChI is InChI=1S/C21H23FN2O5S/c1-14(25)15-5-3-7-18(11-15)23-21(26)16-6-4-10-24(13-16)30(27,28)20-12-17(22)8-9-19(20)29-2/h3,5,7-9,11-12,16H,4,6,10,13H2,1-2H3,(H,23,26)/t16-/m1/s1. The van der Waals surface area contributed by atoms with E-state index in [0.29, 0.717) is 24.1 Å². The van der Waals surface area contributed by atoms with Crippen LogP contribution in [0.25, 0.3) is 0 Å². The van der Waals surface area contributed by atoms with Crippen LogP contribution in [0.2, 0.25) is 0 Å². The number of nitrogens with one attached hydrogen (secondary N) is 1. The number of methoxy groups -OCH3 is 1. The largest absolute Gasteiger partial charge is 0.495 e. The normalized spacial score (nSPS) is 17.4. The minimum Gasteiger partial charge on any atom is -0.495 e. The molecule has 2 aromatic carbocycles. The second kappa shape index (κ2) is 8.93. The van der Waals surface area contributed by atoms with Crippen LogP contribution in [-0.4, -0.2) is 44.6 Å². The van der Waals surface area contributed by atoms with Crippen LogP contribution in [0.3, 0.4) is 0 Å². The fourth-order valence-electron chi connectivity index (χ4n) is 3.43. The maximum absolute atomic E-state index is 13.7. The van der Waals surface area contributed by atoms with Crippen molar-refractivity contribution in [1.82, 2.24) is 4.31 Å². The van der Waals surface area contributed by atoms with E-state index in [0.717, 1.165) is 12.1 Å². The number of nitrogens with zero attached hydrogens (tertiary/aromatic N) is 1. The third-order valence-electron chi connectivity index (χ3n) is 5.04. The number of halogens is 1. The first-order valence-corrected chi connectivity index (χ1v) is 10.9. The molecule has 3 rings (SSSR count). The lowest BCUT2D eigenvalue weighted by molar-refractivity contribution is -0.120. The molecule has 160 valence electrons. The molecule has 1 heterocycles. The lowest BCUT2D eigenvalue weighted by atomic mass is 9.98. The van der Waals surface area contributed by atoms with Crippen molar-refractivity contribution < 1.29 is 27.1 Å². The summed E-state index contributed by atoms with van der Waals surface area (Å²) in [6.45, 7) is 1.64. The molecule has 0 spiro atoms. The molecule has 1 amide bonds. The number of amides is 1. The third kappa shape index (κ3) is 4.68. The summed E-state index contributed by atoms with van der Waals surface area (Å²) >= 11 is 0. The van der Waals surface area contributed by atoms with E-state index in [4.69, 9.17) is 4.74 Å². The van der Waals surface area contributed by atoms with Crippen LogP contribution in [0.15, 0.2) is 47.4 Å². The molecule has 0 aromatic heterocycles. The van der Waals surface area contributed by atoms with Gasteiger partial charge in [0.1, 0.15) is 16.5 Å². The van der Waals surface area contributed by atoms with Crippen LogP contribution in [0, 0.1) is 11.7 Å². The van der Waals surface area contributed by atoms with Gasteiger partial charge >= 0.3 is 0 Å². The Morgan fingerprint density at radius 1 is 1.20 bits per heavy atom. The van der Waals surface area contributed by atoms with Gasteiger partial charge in [0.25, 0.3) is 0 Å². The summed E-state index contributed by atoms with van der Waals surface area (Å²) in [5.74, 6) is -1.67. The molecular formula is C21H23FN2O5S. The maximum Gasteiger partial charge on any atom is 0.246 e. The van der Waals surface area contributed by atoms with E-state index in [2.05, 4.69) is 5.32 Å².